The van der Waals surface area contributed by atoms with Gasteiger partial charge in [-0.05, 0) is 44.5 Å². The fourth-order valence-corrected chi connectivity index (χ4v) is 3.99. The van der Waals surface area contributed by atoms with Crippen molar-refractivity contribution >= 4 is 5.91 Å². The van der Waals surface area contributed by atoms with Gasteiger partial charge in [-0.2, -0.15) is 5.10 Å². The summed E-state index contributed by atoms with van der Waals surface area (Å²) < 4.78 is 7.26. The lowest BCUT2D eigenvalue weighted by atomic mass is 9.91. The highest BCUT2D eigenvalue weighted by atomic mass is 16.3. The molecule has 3 rings (SSSR count). The van der Waals surface area contributed by atoms with Crippen LogP contribution in [0.1, 0.15) is 47.8 Å². The van der Waals surface area contributed by atoms with E-state index in [2.05, 4.69) is 29.2 Å². The van der Waals surface area contributed by atoms with Crippen LogP contribution in [-0.4, -0.2) is 64.8 Å². The van der Waals surface area contributed by atoms with E-state index in [1.54, 1.807) is 18.2 Å². The van der Waals surface area contributed by atoms with Gasteiger partial charge in [0.25, 0.3) is 5.91 Å². The summed E-state index contributed by atoms with van der Waals surface area (Å²) in [5.41, 5.74) is 2.88. The van der Waals surface area contributed by atoms with E-state index in [0.717, 1.165) is 56.8 Å². The first-order valence-corrected chi connectivity index (χ1v) is 10.3. The van der Waals surface area contributed by atoms with Gasteiger partial charge in [-0.1, -0.05) is 13.8 Å². The van der Waals surface area contributed by atoms with Gasteiger partial charge in [0, 0.05) is 44.5 Å². The number of amides is 1. The van der Waals surface area contributed by atoms with Gasteiger partial charge in [-0.3, -0.25) is 9.48 Å². The fourth-order valence-electron chi connectivity index (χ4n) is 3.99. The maximum absolute atomic E-state index is 13.0. The number of carbonyl (C=O) groups is 1. The van der Waals surface area contributed by atoms with Crippen LogP contribution in [0.25, 0.3) is 0 Å². The third-order valence-electron chi connectivity index (χ3n) is 5.73. The molecule has 2 heterocycles. The number of hydrogen-bond acceptors (Lipinski definition) is 5. The van der Waals surface area contributed by atoms with Crippen LogP contribution in [0.15, 0.2) is 22.8 Å². The Bertz CT molecular complexity index is 764. The zero-order valence-corrected chi connectivity index (χ0v) is 17.6. The van der Waals surface area contributed by atoms with Crippen LogP contribution in [0.4, 0.5) is 0 Å². The number of nitrogens with zero attached hydrogens (tertiary/aromatic N) is 4. The number of aromatic nitrogens is 2. The largest absolute Gasteiger partial charge is 0.467 e. The van der Waals surface area contributed by atoms with Crippen molar-refractivity contribution in [3.63, 3.8) is 0 Å². The van der Waals surface area contributed by atoms with Crippen molar-refractivity contribution in [1.82, 2.24) is 24.9 Å². The molecule has 0 aliphatic heterocycles. The highest BCUT2D eigenvalue weighted by Gasteiger charge is 2.29. The molecular weight excluding hydrogens is 354 g/mol. The Kier molecular flexibility index (Phi) is 6.91. The molecule has 7 nitrogen and oxygen atoms in total. The maximum atomic E-state index is 13.0. The summed E-state index contributed by atoms with van der Waals surface area (Å²) in [4.78, 5) is 17.1. The molecule has 154 valence electrons. The van der Waals surface area contributed by atoms with Crippen LogP contribution in [0, 0.1) is 0 Å². The molecule has 2 aromatic heterocycles. The van der Waals surface area contributed by atoms with Crippen molar-refractivity contribution in [3.05, 3.63) is 41.1 Å². The Hall–Kier alpha value is -2.12. The van der Waals surface area contributed by atoms with E-state index in [0.29, 0.717) is 18.3 Å². The molecule has 28 heavy (non-hydrogen) atoms. The van der Waals surface area contributed by atoms with Gasteiger partial charge in [0.15, 0.2) is 5.69 Å². The van der Waals surface area contributed by atoms with Crippen LogP contribution in [0.5, 0.6) is 0 Å². The molecule has 1 aliphatic rings. The van der Waals surface area contributed by atoms with E-state index in [1.807, 2.05) is 23.9 Å². The normalized spacial score (nSPS) is 16.4. The average molecular weight is 388 g/mol. The summed E-state index contributed by atoms with van der Waals surface area (Å²) in [7, 11) is 3.74. The first-order chi connectivity index (χ1) is 13.5. The minimum absolute atomic E-state index is 0.0444. The van der Waals surface area contributed by atoms with Crippen LogP contribution >= 0.6 is 0 Å². The van der Waals surface area contributed by atoms with E-state index in [9.17, 15) is 4.79 Å². The zero-order chi connectivity index (χ0) is 20.1. The van der Waals surface area contributed by atoms with Gasteiger partial charge in [0.05, 0.1) is 12.8 Å². The number of nitrogens with one attached hydrogen (secondary N) is 1. The van der Waals surface area contributed by atoms with Crippen molar-refractivity contribution in [3.8, 4) is 0 Å². The van der Waals surface area contributed by atoms with E-state index < -0.39 is 0 Å². The molecule has 0 saturated heterocycles. The fraction of sp³-hybridized carbons (Fsp3) is 0.619. The molecule has 1 amide bonds. The van der Waals surface area contributed by atoms with Crippen molar-refractivity contribution < 1.29 is 9.21 Å². The van der Waals surface area contributed by atoms with Crippen molar-refractivity contribution in [1.29, 1.82) is 0 Å². The number of furan rings is 1. The van der Waals surface area contributed by atoms with Crippen LogP contribution in [0.2, 0.25) is 0 Å². The highest BCUT2D eigenvalue weighted by Crippen LogP contribution is 2.25. The Morgan fingerprint density at radius 1 is 1.39 bits per heavy atom. The lowest BCUT2D eigenvalue weighted by Crippen LogP contribution is -2.40. The molecule has 1 N–H and O–H groups in total. The van der Waals surface area contributed by atoms with E-state index in [-0.39, 0.29) is 5.91 Å². The van der Waals surface area contributed by atoms with E-state index >= 15 is 0 Å². The second-order valence-corrected chi connectivity index (χ2v) is 7.56. The summed E-state index contributed by atoms with van der Waals surface area (Å²) in [5, 5.41) is 8.25. The lowest BCUT2D eigenvalue weighted by molar-refractivity contribution is 0.0767. The molecule has 7 heteroatoms. The maximum Gasteiger partial charge on any atom is 0.274 e. The van der Waals surface area contributed by atoms with Gasteiger partial charge in [-0.15, -0.1) is 0 Å². The zero-order valence-electron chi connectivity index (χ0n) is 17.6. The predicted octanol–water partition coefficient (Wildman–Crippen LogP) is 2.07. The van der Waals surface area contributed by atoms with Gasteiger partial charge < -0.3 is 19.5 Å². The number of aryl methyl sites for hydroxylation is 1. The molecule has 0 spiro atoms. The topological polar surface area (TPSA) is 66.5 Å². The minimum Gasteiger partial charge on any atom is -0.467 e. The van der Waals surface area contributed by atoms with E-state index in [1.165, 1.54) is 5.69 Å². The van der Waals surface area contributed by atoms with Gasteiger partial charge >= 0.3 is 0 Å². The van der Waals surface area contributed by atoms with Crippen LogP contribution in [-0.2, 0) is 26.4 Å². The highest BCUT2D eigenvalue weighted by molar-refractivity contribution is 5.94. The SMILES string of the molecule is CCN(CC)CCNC1CCc2c(c(C(=O)N(C)Cc3ccco3)nn2C)C1. The second kappa shape index (κ2) is 9.39. The molecule has 0 saturated carbocycles. The Morgan fingerprint density at radius 2 is 2.18 bits per heavy atom. The molecule has 0 aromatic carbocycles. The molecular formula is C21H33N5O2. The quantitative estimate of drug-likeness (QED) is 0.714. The first kappa shape index (κ1) is 20.6. The predicted molar refractivity (Wildman–Crippen MR) is 109 cm³/mol. The smallest absolute Gasteiger partial charge is 0.274 e. The Morgan fingerprint density at radius 3 is 2.86 bits per heavy atom. The van der Waals surface area contributed by atoms with Gasteiger partial charge in [0.2, 0.25) is 0 Å². The summed E-state index contributed by atoms with van der Waals surface area (Å²) in [6, 6.07) is 4.12. The summed E-state index contributed by atoms with van der Waals surface area (Å²) in [6.07, 6.45) is 4.53. The van der Waals surface area contributed by atoms with Crippen molar-refractivity contribution in [2.24, 2.45) is 7.05 Å². The van der Waals surface area contributed by atoms with Crippen LogP contribution in [0.3, 0.4) is 0 Å². The number of hydrogen-bond donors (Lipinski definition) is 1. The standard InChI is InChI=1S/C21H33N5O2/c1-5-26(6-2)12-11-22-16-9-10-19-18(14-16)20(23-25(19)4)21(27)24(3)15-17-8-7-13-28-17/h7-8,13,16,22H,5-6,9-12,14-15H2,1-4H3. The molecule has 0 radical (unpaired) electrons. The van der Waals surface area contributed by atoms with E-state index in [4.69, 9.17) is 4.42 Å². The van der Waals surface area contributed by atoms with Crippen LogP contribution < -0.4 is 5.32 Å². The minimum atomic E-state index is -0.0444. The Balaban J connectivity index is 1.65. The third kappa shape index (κ3) is 4.64. The summed E-state index contributed by atoms with van der Waals surface area (Å²) in [5.74, 6) is 0.730. The number of fused-ring (bicyclic) bond motifs is 1. The summed E-state index contributed by atoms with van der Waals surface area (Å²) >= 11 is 0. The first-order valence-electron chi connectivity index (χ1n) is 10.3. The number of likely N-dealkylation sites (N-methyl/N-ethyl adjacent to an activating group) is 1. The Labute approximate surface area is 167 Å². The molecule has 1 atom stereocenters. The van der Waals surface area contributed by atoms with Gasteiger partial charge in [-0.25, -0.2) is 0 Å². The van der Waals surface area contributed by atoms with Crippen molar-refractivity contribution in [2.75, 3.05) is 33.2 Å². The monoisotopic (exact) mass is 387 g/mol. The lowest BCUT2D eigenvalue weighted by Gasteiger charge is -2.26. The number of carbonyl (C=O) groups excluding carboxylic acids is 1. The molecule has 1 unspecified atom stereocenters. The van der Waals surface area contributed by atoms with Gasteiger partial charge in [0.1, 0.15) is 5.76 Å². The number of rotatable bonds is 9. The molecule has 1 aliphatic carbocycles. The molecule has 0 fully saturated rings. The molecule has 0 bridgehead atoms. The summed E-state index contributed by atoms with van der Waals surface area (Å²) in [6.45, 7) is 9.03. The molecule has 2 aromatic rings. The second-order valence-electron chi connectivity index (χ2n) is 7.56. The average Bonchev–Trinajstić information content (AvgIpc) is 3.32. The van der Waals surface area contributed by atoms with Crippen molar-refractivity contribution in [2.45, 2.75) is 45.7 Å². The third-order valence-corrected chi connectivity index (χ3v) is 5.73.